The van der Waals surface area contributed by atoms with Gasteiger partial charge in [0.1, 0.15) is 12.4 Å². The molecule has 3 nitrogen and oxygen atoms in total. The van der Waals surface area contributed by atoms with Gasteiger partial charge < -0.3 is 4.74 Å². The molecule has 0 bridgehead atoms. The van der Waals surface area contributed by atoms with Crippen molar-refractivity contribution in [2.45, 2.75) is 6.61 Å². The lowest BCUT2D eigenvalue weighted by Crippen LogP contribution is -1.99. The van der Waals surface area contributed by atoms with Gasteiger partial charge in [-0.05, 0) is 92.2 Å². The maximum Gasteiger partial charge on any atom is 0.146 e. The summed E-state index contributed by atoms with van der Waals surface area (Å²) >= 11 is 4.51. The molecule has 3 aromatic rings. The van der Waals surface area contributed by atoms with Gasteiger partial charge in [0.15, 0.2) is 0 Å². The van der Waals surface area contributed by atoms with Gasteiger partial charge in [-0.1, -0.05) is 42.5 Å². The zero-order chi connectivity index (χ0) is 19.9. The first-order valence-electron chi connectivity index (χ1n) is 8.39. The normalized spacial score (nSPS) is 10.8. The number of benzene rings is 3. The summed E-state index contributed by atoms with van der Waals surface area (Å²) in [5, 5.41) is 18.7. The van der Waals surface area contributed by atoms with Crippen LogP contribution in [0.25, 0.3) is 11.6 Å². The predicted molar refractivity (Wildman–Crippen MR) is 127 cm³/mol. The third kappa shape index (κ3) is 5.12. The van der Waals surface area contributed by atoms with E-state index >= 15 is 0 Å². The van der Waals surface area contributed by atoms with Crippen LogP contribution in [0, 0.1) is 29.8 Å². The number of allylic oxidation sites excluding steroid dienone is 1. The van der Waals surface area contributed by atoms with Crippen molar-refractivity contribution in [2.24, 2.45) is 0 Å². The minimum Gasteiger partial charge on any atom is -0.487 e. The van der Waals surface area contributed by atoms with Gasteiger partial charge in [0, 0.05) is 0 Å². The quantitative estimate of drug-likeness (QED) is 0.197. The smallest absolute Gasteiger partial charge is 0.146 e. The summed E-state index contributed by atoms with van der Waals surface area (Å²) in [6.07, 6.45) is 1.84. The summed E-state index contributed by atoms with van der Waals surface area (Å²) in [5.41, 5.74) is 3.81. The Bertz CT molecular complexity index is 1090. The Labute approximate surface area is 191 Å². The van der Waals surface area contributed by atoms with Gasteiger partial charge in [-0.2, -0.15) is 10.5 Å². The summed E-state index contributed by atoms with van der Waals surface area (Å²) in [4.78, 5) is 0. The van der Waals surface area contributed by atoms with Crippen LogP contribution in [-0.2, 0) is 6.61 Å². The van der Waals surface area contributed by atoms with Gasteiger partial charge >= 0.3 is 0 Å². The lowest BCUT2D eigenvalue weighted by Gasteiger charge is -2.12. The standard InChI is InChI=1S/C23H14I2N2O/c24-21-11-18(10-20(14-27)19-8-4-7-17(9-19)13-26)12-22(25)23(21)28-15-16-5-2-1-3-6-16/h1-12H,15H2/b20-10-. The van der Waals surface area contributed by atoms with Crippen LogP contribution in [0.5, 0.6) is 5.75 Å². The fourth-order valence-corrected chi connectivity index (χ4v) is 4.76. The third-order valence-corrected chi connectivity index (χ3v) is 5.58. The molecule has 0 N–H and O–H groups in total. The topological polar surface area (TPSA) is 56.8 Å². The molecule has 3 rings (SSSR count). The Kier molecular flexibility index (Phi) is 7.07. The maximum atomic E-state index is 9.58. The fraction of sp³-hybridized carbons (Fsp3) is 0.0435. The summed E-state index contributed by atoms with van der Waals surface area (Å²) in [6.45, 7) is 0.506. The first-order chi connectivity index (χ1) is 13.6. The molecule has 0 amide bonds. The SMILES string of the molecule is N#C/C(=C/c1cc(I)c(OCc2ccccc2)c(I)c1)c1cccc(C#N)c1. The van der Waals surface area contributed by atoms with Gasteiger partial charge in [-0.15, -0.1) is 0 Å². The number of ether oxygens (including phenoxy) is 1. The van der Waals surface area contributed by atoms with Gasteiger partial charge in [0.05, 0.1) is 30.4 Å². The zero-order valence-electron chi connectivity index (χ0n) is 14.7. The lowest BCUT2D eigenvalue weighted by molar-refractivity contribution is 0.302. The number of hydrogen-bond acceptors (Lipinski definition) is 3. The highest BCUT2D eigenvalue weighted by molar-refractivity contribution is 14.1. The van der Waals surface area contributed by atoms with E-state index in [9.17, 15) is 5.26 Å². The van der Waals surface area contributed by atoms with Crippen LogP contribution in [0.3, 0.4) is 0 Å². The van der Waals surface area contributed by atoms with Crippen LogP contribution in [0.1, 0.15) is 22.3 Å². The molecular weight excluding hydrogens is 574 g/mol. The van der Waals surface area contributed by atoms with Crippen LogP contribution >= 0.6 is 45.2 Å². The highest BCUT2D eigenvalue weighted by Gasteiger charge is 2.10. The summed E-state index contributed by atoms with van der Waals surface area (Å²) < 4.78 is 7.98. The van der Waals surface area contributed by atoms with Crippen molar-refractivity contribution in [3.05, 3.63) is 96.1 Å². The molecule has 0 fully saturated rings. The van der Waals surface area contributed by atoms with Crippen molar-refractivity contribution < 1.29 is 4.74 Å². The van der Waals surface area contributed by atoms with Crippen LogP contribution < -0.4 is 4.74 Å². The number of hydrogen-bond donors (Lipinski definition) is 0. The Hall–Kier alpha value is -2.36. The van der Waals surface area contributed by atoms with E-state index in [4.69, 9.17) is 10.00 Å². The second-order valence-corrected chi connectivity index (χ2v) is 8.27. The van der Waals surface area contributed by atoms with E-state index in [1.807, 2.05) is 54.6 Å². The summed E-state index contributed by atoms with van der Waals surface area (Å²) in [7, 11) is 0. The zero-order valence-corrected chi connectivity index (χ0v) is 19.0. The Morgan fingerprint density at radius 1 is 0.929 bits per heavy atom. The molecule has 0 aliphatic rings. The summed E-state index contributed by atoms with van der Waals surface area (Å²) in [6, 6.07) is 25.4. The molecule has 0 unspecified atom stereocenters. The number of nitriles is 2. The number of halogens is 2. The third-order valence-electron chi connectivity index (χ3n) is 3.98. The van der Waals surface area contributed by atoms with Crippen molar-refractivity contribution in [1.82, 2.24) is 0 Å². The first kappa shape index (κ1) is 20.4. The monoisotopic (exact) mass is 588 g/mol. The molecule has 3 aromatic carbocycles. The van der Waals surface area contributed by atoms with Gasteiger partial charge in [-0.25, -0.2) is 0 Å². The molecule has 0 atom stereocenters. The van der Waals surface area contributed by atoms with Crippen molar-refractivity contribution >= 4 is 56.8 Å². The van der Waals surface area contributed by atoms with E-state index < -0.39 is 0 Å². The highest BCUT2D eigenvalue weighted by Crippen LogP contribution is 2.31. The molecule has 0 aromatic heterocycles. The van der Waals surface area contributed by atoms with Gasteiger partial charge in [-0.3, -0.25) is 0 Å². The Morgan fingerprint density at radius 2 is 1.64 bits per heavy atom. The van der Waals surface area contributed by atoms with Crippen molar-refractivity contribution in [3.63, 3.8) is 0 Å². The first-order valence-corrected chi connectivity index (χ1v) is 10.5. The minimum absolute atomic E-state index is 0.506. The second kappa shape index (κ2) is 9.72. The maximum absolute atomic E-state index is 9.58. The molecule has 0 saturated heterocycles. The molecular formula is C23H14I2N2O. The average molecular weight is 588 g/mol. The average Bonchev–Trinajstić information content (AvgIpc) is 2.72. The molecule has 0 aliphatic heterocycles. The van der Waals surface area contributed by atoms with Crippen LogP contribution in [0.15, 0.2) is 66.7 Å². The molecule has 0 aliphatic carbocycles. The Balaban J connectivity index is 1.87. The van der Waals surface area contributed by atoms with Crippen LogP contribution in [-0.4, -0.2) is 0 Å². The van der Waals surface area contributed by atoms with Gasteiger partial charge in [0.25, 0.3) is 0 Å². The molecule has 0 radical (unpaired) electrons. The molecule has 0 saturated carbocycles. The van der Waals surface area contributed by atoms with Crippen molar-refractivity contribution in [2.75, 3.05) is 0 Å². The molecule has 28 heavy (non-hydrogen) atoms. The fourth-order valence-electron chi connectivity index (χ4n) is 2.63. The van der Waals surface area contributed by atoms with E-state index in [1.54, 1.807) is 18.2 Å². The minimum atomic E-state index is 0.506. The number of rotatable bonds is 5. The van der Waals surface area contributed by atoms with E-state index in [0.29, 0.717) is 17.7 Å². The highest BCUT2D eigenvalue weighted by atomic mass is 127. The van der Waals surface area contributed by atoms with Crippen molar-refractivity contribution in [1.29, 1.82) is 10.5 Å². The van der Waals surface area contributed by atoms with Gasteiger partial charge in [0.2, 0.25) is 0 Å². The van der Waals surface area contributed by atoms with E-state index in [2.05, 4.69) is 57.3 Å². The van der Waals surface area contributed by atoms with Crippen molar-refractivity contribution in [3.8, 4) is 17.9 Å². The molecule has 5 heteroatoms. The summed E-state index contributed by atoms with van der Waals surface area (Å²) in [5.74, 6) is 0.840. The Morgan fingerprint density at radius 3 is 2.29 bits per heavy atom. The van der Waals surface area contributed by atoms with E-state index in [1.165, 1.54) is 0 Å². The second-order valence-electron chi connectivity index (χ2n) is 5.95. The lowest BCUT2D eigenvalue weighted by atomic mass is 10.0. The number of nitrogens with zero attached hydrogens (tertiary/aromatic N) is 2. The molecule has 0 spiro atoms. The predicted octanol–water partition coefficient (Wildman–Crippen LogP) is 6.41. The molecule has 136 valence electrons. The molecule has 0 heterocycles. The van der Waals surface area contributed by atoms with E-state index in [0.717, 1.165) is 29.6 Å². The van der Waals surface area contributed by atoms with Crippen LogP contribution in [0.4, 0.5) is 0 Å². The largest absolute Gasteiger partial charge is 0.487 e. The van der Waals surface area contributed by atoms with Crippen LogP contribution in [0.2, 0.25) is 0 Å². The van der Waals surface area contributed by atoms with E-state index in [-0.39, 0.29) is 0 Å².